The third-order valence-electron chi connectivity index (χ3n) is 3.05. The molecule has 0 amide bonds. The van der Waals surface area contributed by atoms with E-state index in [0.717, 1.165) is 10.9 Å². The summed E-state index contributed by atoms with van der Waals surface area (Å²) < 4.78 is 2.07. The molecule has 0 unspecified atom stereocenters. The van der Waals surface area contributed by atoms with Crippen LogP contribution in [0.15, 0.2) is 17.6 Å². The first-order valence-electron chi connectivity index (χ1n) is 5.15. The largest absolute Gasteiger partial charge is 0.329 e. The maximum absolute atomic E-state index is 4.28. The molecule has 1 saturated carbocycles. The number of hydrogen-bond acceptors (Lipinski definition) is 2. The van der Waals surface area contributed by atoms with Crippen molar-refractivity contribution >= 4 is 11.8 Å². The summed E-state index contributed by atoms with van der Waals surface area (Å²) >= 11 is 1.84. The van der Waals surface area contributed by atoms with E-state index in [1.807, 2.05) is 31.2 Å². The Hall–Kier alpha value is -0.440. The molecule has 0 aliphatic heterocycles. The second-order valence-corrected chi connectivity index (χ2v) is 5.33. The molecule has 1 aliphatic carbocycles. The van der Waals surface area contributed by atoms with E-state index in [-0.39, 0.29) is 0 Å². The minimum atomic E-state index is 0.401. The van der Waals surface area contributed by atoms with Gasteiger partial charge in [0.15, 0.2) is 5.16 Å². The van der Waals surface area contributed by atoms with Crippen molar-refractivity contribution in [2.75, 3.05) is 5.75 Å². The molecule has 1 aromatic heterocycles. The van der Waals surface area contributed by atoms with Crippen molar-refractivity contribution < 1.29 is 0 Å². The van der Waals surface area contributed by atoms with E-state index >= 15 is 0 Å². The number of nitrogens with zero attached hydrogens (tertiary/aromatic N) is 2. The van der Waals surface area contributed by atoms with Crippen LogP contribution in [-0.2, 0) is 7.05 Å². The van der Waals surface area contributed by atoms with Gasteiger partial charge < -0.3 is 4.57 Å². The molecule has 14 heavy (non-hydrogen) atoms. The van der Waals surface area contributed by atoms with Crippen molar-refractivity contribution in [1.29, 1.82) is 0 Å². The summed E-state index contributed by atoms with van der Waals surface area (Å²) in [4.78, 5) is 4.28. The highest BCUT2D eigenvalue weighted by Gasteiger charge is 2.31. The summed E-state index contributed by atoms with van der Waals surface area (Å²) in [5, 5.41) is 1.12. The monoisotopic (exact) mass is 209 g/mol. The van der Waals surface area contributed by atoms with Crippen molar-refractivity contribution in [2.24, 2.45) is 12.5 Å². The van der Waals surface area contributed by atoms with Crippen molar-refractivity contribution in [3.8, 4) is 0 Å². The lowest BCUT2D eigenvalue weighted by Gasteiger charge is -2.38. The zero-order chi connectivity index (χ0) is 10.0. The van der Waals surface area contributed by atoms with E-state index in [9.17, 15) is 0 Å². The van der Waals surface area contributed by atoms with Gasteiger partial charge in [0.1, 0.15) is 0 Å². The van der Waals surface area contributed by atoms with Gasteiger partial charge in [-0.2, -0.15) is 0 Å². The Morgan fingerprint density at radius 1 is 1.64 bits per heavy atom. The molecular formula is C11H17N2S. The van der Waals surface area contributed by atoms with Gasteiger partial charge in [-0.15, -0.1) is 0 Å². The van der Waals surface area contributed by atoms with Gasteiger partial charge in [-0.25, -0.2) is 4.98 Å². The molecule has 0 spiro atoms. The van der Waals surface area contributed by atoms with E-state index in [4.69, 9.17) is 0 Å². The molecule has 1 aromatic rings. The Bertz CT molecular complexity index is 302. The fourth-order valence-corrected chi connectivity index (χ4v) is 2.89. The van der Waals surface area contributed by atoms with Crippen molar-refractivity contribution in [3.05, 3.63) is 19.3 Å². The Balaban J connectivity index is 1.75. The summed E-state index contributed by atoms with van der Waals surface area (Å²) in [5.41, 5.74) is 0.401. The molecule has 1 aliphatic rings. The number of aromatic nitrogens is 2. The summed E-state index contributed by atoms with van der Waals surface area (Å²) in [7, 11) is 2.04. The third-order valence-corrected chi connectivity index (χ3v) is 4.11. The molecule has 0 atom stereocenters. The number of rotatable bonds is 4. The number of hydrogen-bond donors (Lipinski definition) is 0. The van der Waals surface area contributed by atoms with Crippen LogP contribution in [0.25, 0.3) is 0 Å². The zero-order valence-corrected chi connectivity index (χ0v) is 9.52. The van der Waals surface area contributed by atoms with E-state index in [0.29, 0.717) is 5.41 Å². The highest BCUT2D eigenvalue weighted by atomic mass is 32.2. The Labute approximate surface area is 90.1 Å². The average Bonchev–Trinajstić information content (AvgIpc) is 2.49. The molecule has 0 aromatic carbocycles. The number of aryl methyl sites for hydroxylation is 1. The zero-order valence-electron chi connectivity index (χ0n) is 8.70. The minimum absolute atomic E-state index is 0.401. The molecule has 2 rings (SSSR count). The lowest BCUT2D eigenvalue weighted by molar-refractivity contribution is 0.194. The molecule has 3 heteroatoms. The summed E-state index contributed by atoms with van der Waals surface area (Å²) in [6.45, 7) is 4.28. The highest BCUT2D eigenvalue weighted by molar-refractivity contribution is 7.99. The van der Waals surface area contributed by atoms with E-state index in [1.165, 1.54) is 25.7 Å². The van der Waals surface area contributed by atoms with Crippen LogP contribution in [0.4, 0.5) is 0 Å². The van der Waals surface area contributed by atoms with Crippen LogP contribution in [0.5, 0.6) is 0 Å². The predicted octanol–water partition coefficient (Wildman–Crippen LogP) is 2.91. The van der Waals surface area contributed by atoms with E-state index in [2.05, 4.69) is 16.5 Å². The first-order valence-corrected chi connectivity index (χ1v) is 6.14. The first kappa shape index (κ1) is 10.1. The SMILES string of the molecule is [CH2]C1(CCSc2nccn2C)CCC1. The standard InChI is InChI=1S/C11H17N2S/c1-11(4-3-5-11)6-9-14-10-12-7-8-13(10)2/h7-8H,1,3-6,9H2,2H3. The van der Waals surface area contributed by atoms with Gasteiger partial charge in [-0.1, -0.05) is 18.2 Å². The molecular weight excluding hydrogens is 192 g/mol. The predicted molar refractivity (Wildman–Crippen MR) is 60.2 cm³/mol. The summed E-state index contributed by atoms with van der Waals surface area (Å²) in [5.74, 6) is 1.15. The topological polar surface area (TPSA) is 17.8 Å². The molecule has 0 saturated heterocycles. The minimum Gasteiger partial charge on any atom is -0.329 e. The maximum atomic E-state index is 4.28. The second kappa shape index (κ2) is 3.97. The molecule has 77 valence electrons. The molecule has 2 nitrogen and oxygen atoms in total. The van der Waals surface area contributed by atoms with Crippen molar-refractivity contribution in [1.82, 2.24) is 9.55 Å². The average molecular weight is 209 g/mol. The summed E-state index contributed by atoms with van der Waals surface area (Å²) in [6.07, 6.45) is 9.07. The molecule has 0 bridgehead atoms. The van der Waals surface area contributed by atoms with Gasteiger partial charge in [0, 0.05) is 25.2 Å². The second-order valence-electron chi connectivity index (χ2n) is 4.27. The van der Waals surface area contributed by atoms with Gasteiger partial charge in [0.05, 0.1) is 0 Å². The quantitative estimate of drug-likeness (QED) is 0.710. The van der Waals surface area contributed by atoms with Gasteiger partial charge in [0.2, 0.25) is 0 Å². The Kier molecular flexibility index (Phi) is 2.86. The maximum Gasteiger partial charge on any atom is 0.167 e. The summed E-state index contributed by atoms with van der Waals surface area (Å²) in [6, 6.07) is 0. The van der Waals surface area contributed by atoms with E-state index in [1.54, 1.807) is 0 Å². The van der Waals surface area contributed by atoms with Gasteiger partial charge >= 0.3 is 0 Å². The van der Waals surface area contributed by atoms with Gasteiger partial charge in [-0.3, -0.25) is 0 Å². The fraction of sp³-hybridized carbons (Fsp3) is 0.636. The van der Waals surface area contributed by atoms with Gasteiger partial charge in [-0.05, 0) is 31.6 Å². The Morgan fingerprint density at radius 2 is 2.43 bits per heavy atom. The van der Waals surface area contributed by atoms with Crippen LogP contribution in [0.1, 0.15) is 25.7 Å². The first-order chi connectivity index (χ1) is 6.70. The molecule has 1 fully saturated rings. The van der Waals surface area contributed by atoms with Gasteiger partial charge in [0.25, 0.3) is 0 Å². The smallest absolute Gasteiger partial charge is 0.167 e. The van der Waals surface area contributed by atoms with Crippen LogP contribution in [0.3, 0.4) is 0 Å². The van der Waals surface area contributed by atoms with Crippen molar-refractivity contribution in [3.63, 3.8) is 0 Å². The van der Waals surface area contributed by atoms with E-state index < -0.39 is 0 Å². The third kappa shape index (κ3) is 2.14. The molecule has 0 N–H and O–H groups in total. The fourth-order valence-electron chi connectivity index (χ4n) is 1.78. The van der Waals surface area contributed by atoms with Crippen LogP contribution in [0.2, 0.25) is 0 Å². The Morgan fingerprint density at radius 3 is 2.93 bits per heavy atom. The molecule has 1 heterocycles. The molecule has 1 radical (unpaired) electrons. The van der Waals surface area contributed by atoms with Crippen LogP contribution < -0.4 is 0 Å². The van der Waals surface area contributed by atoms with Crippen LogP contribution in [-0.4, -0.2) is 15.3 Å². The number of thioether (sulfide) groups is 1. The number of imidazole rings is 1. The van der Waals surface area contributed by atoms with Crippen LogP contribution in [0, 0.1) is 12.3 Å². The lowest BCUT2D eigenvalue weighted by Crippen LogP contribution is -2.26. The lowest BCUT2D eigenvalue weighted by atomic mass is 9.69. The van der Waals surface area contributed by atoms with Crippen molar-refractivity contribution in [2.45, 2.75) is 30.8 Å². The highest BCUT2D eigenvalue weighted by Crippen LogP contribution is 2.43. The van der Waals surface area contributed by atoms with Crippen LogP contribution >= 0.6 is 11.8 Å². The normalized spacial score (nSPS) is 19.3.